The lowest BCUT2D eigenvalue weighted by molar-refractivity contribution is 0.632. The van der Waals surface area contributed by atoms with E-state index in [0.29, 0.717) is 0 Å². The highest BCUT2D eigenvalue weighted by molar-refractivity contribution is 6.31. The molecule has 10 aromatic rings. The maximum absolute atomic E-state index is 2.50. The number of nitrogens with zero attached hydrogens (tertiary/aromatic N) is 2. The van der Waals surface area contributed by atoms with E-state index >= 15 is 0 Å². The van der Waals surface area contributed by atoms with Gasteiger partial charge < -0.3 is 9.47 Å². The van der Waals surface area contributed by atoms with Crippen molar-refractivity contribution >= 4 is 71.2 Å². The molecule has 2 heteroatoms. The molecule has 0 amide bonds. The zero-order valence-corrected chi connectivity index (χ0v) is 32.1. The first kappa shape index (κ1) is 31.7. The average molecular weight is 717 g/mol. The summed E-state index contributed by atoms with van der Waals surface area (Å²) in [6, 6.07) is 63.6. The number of benzene rings is 9. The van der Waals surface area contributed by atoms with E-state index in [1.165, 1.54) is 98.9 Å². The minimum atomic E-state index is -0.161. The van der Waals surface area contributed by atoms with Crippen molar-refractivity contribution in [3.63, 3.8) is 0 Å². The molecule has 0 atom stereocenters. The van der Waals surface area contributed by atoms with E-state index in [1.807, 2.05) is 0 Å². The highest BCUT2D eigenvalue weighted by Crippen LogP contribution is 2.57. The minimum absolute atomic E-state index is 0.111. The van der Waals surface area contributed by atoms with Crippen molar-refractivity contribution in [3.05, 3.63) is 192 Å². The van der Waals surface area contributed by atoms with Gasteiger partial charge in [0.2, 0.25) is 0 Å². The summed E-state index contributed by atoms with van der Waals surface area (Å²) in [4.78, 5) is 2.46. The summed E-state index contributed by atoms with van der Waals surface area (Å²) >= 11 is 0. The van der Waals surface area contributed by atoms with Crippen LogP contribution in [0.2, 0.25) is 0 Å². The quantitative estimate of drug-likeness (QED) is 0.162. The molecular weight excluding hydrogens is 677 g/mol. The number of rotatable bonds is 2. The minimum Gasteiger partial charge on any atom is -0.310 e. The predicted octanol–water partition coefficient (Wildman–Crippen LogP) is 14.7. The summed E-state index contributed by atoms with van der Waals surface area (Å²) in [6.45, 7) is 9.53. The second-order valence-electron chi connectivity index (χ2n) is 16.9. The first-order chi connectivity index (χ1) is 27.3. The first-order valence-corrected chi connectivity index (χ1v) is 19.9. The molecule has 0 N–H and O–H groups in total. The van der Waals surface area contributed by atoms with Crippen LogP contribution in [-0.4, -0.2) is 4.57 Å². The number of aromatic nitrogens is 1. The highest BCUT2D eigenvalue weighted by atomic mass is 15.2. The van der Waals surface area contributed by atoms with Crippen LogP contribution in [0.4, 0.5) is 17.1 Å². The van der Waals surface area contributed by atoms with E-state index < -0.39 is 0 Å². The van der Waals surface area contributed by atoms with Crippen molar-refractivity contribution in [1.29, 1.82) is 0 Å². The Hall–Kier alpha value is -6.64. The molecule has 1 aromatic heterocycles. The summed E-state index contributed by atoms with van der Waals surface area (Å²) in [6.07, 6.45) is 0. The van der Waals surface area contributed by atoms with E-state index in [2.05, 4.69) is 207 Å². The van der Waals surface area contributed by atoms with Gasteiger partial charge in [0, 0.05) is 33.0 Å². The Morgan fingerprint density at radius 1 is 0.339 bits per heavy atom. The van der Waals surface area contributed by atoms with Gasteiger partial charge in [-0.05, 0) is 108 Å². The SMILES string of the molecule is CC1(C)c2ccccc2N(c2cccc(-n3c4ccccc4c4c5c(ccc43)C(C)(C)c3ccc4c6ccccc6c6ccccc6c4c3-5)c2)c2ccccc21. The summed E-state index contributed by atoms with van der Waals surface area (Å²) in [5, 5.41) is 10.5. The van der Waals surface area contributed by atoms with Crippen molar-refractivity contribution in [2.75, 3.05) is 4.90 Å². The number of hydrogen-bond acceptors (Lipinski definition) is 1. The zero-order valence-electron chi connectivity index (χ0n) is 32.1. The van der Waals surface area contributed by atoms with Crippen LogP contribution in [0.3, 0.4) is 0 Å². The second-order valence-corrected chi connectivity index (χ2v) is 16.9. The molecule has 0 radical (unpaired) electrons. The van der Waals surface area contributed by atoms with Gasteiger partial charge in [0.1, 0.15) is 0 Å². The van der Waals surface area contributed by atoms with Gasteiger partial charge >= 0.3 is 0 Å². The fourth-order valence-corrected chi connectivity index (χ4v) is 10.8. The summed E-state index contributed by atoms with van der Waals surface area (Å²) in [5.41, 5.74) is 15.2. The van der Waals surface area contributed by atoms with Crippen LogP contribution in [0.25, 0.3) is 70.9 Å². The average Bonchev–Trinajstić information content (AvgIpc) is 3.69. The monoisotopic (exact) mass is 716 g/mol. The van der Waals surface area contributed by atoms with Crippen molar-refractivity contribution in [1.82, 2.24) is 4.57 Å². The molecule has 1 aliphatic heterocycles. The van der Waals surface area contributed by atoms with Crippen LogP contribution in [-0.2, 0) is 10.8 Å². The zero-order chi connectivity index (χ0) is 37.5. The van der Waals surface area contributed by atoms with Gasteiger partial charge in [-0.3, -0.25) is 0 Å². The molecule has 2 nitrogen and oxygen atoms in total. The van der Waals surface area contributed by atoms with E-state index in [0.717, 1.165) is 11.4 Å². The fourth-order valence-electron chi connectivity index (χ4n) is 10.8. The number of hydrogen-bond donors (Lipinski definition) is 0. The van der Waals surface area contributed by atoms with E-state index in [9.17, 15) is 0 Å². The molecule has 0 unspecified atom stereocenters. The maximum Gasteiger partial charge on any atom is 0.0547 e. The topological polar surface area (TPSA) is 8.17 Å². The molecule has 1 aliphatic carbocycles. The lowest BCUT2D eigenvalue weighted by atomic mass is 9.73. The van der Waals surface area contributed by atoms with Crippen LogP contribution in [0.1, 0.15) is 49.9 Å². The van der Waals surface area contributed by atoms with Crippen LogP contribution < -0.4 is 4.90 Å². The normalized spacial score (nSPS) is 15.0. The third-order valence-electron chi connectivity index (χ3n) is 13.3. The van der Waals surface area contributed by atoms with Gasteiger partial charge in [-0.15, -0.1) is 0 Å². The van der Waals surface area contributed by atoms with E-state index in [4.69, 9.17) is 0 Å². The smallest absolute Gasteiger partial charge is 0.0547 e. The Morgan fingerprint density at radius 3 is 1.50 bits per heavy atom. The van der Waals surface area contributed by atoms with E-state index in [1.54, 1.807) is 0 Å². The van der Waals surface area contributed by atoms with Crippen LogP contribution in [0, 0.1) is 0 Å². The molecule has 2 heterocycles. The maximum atomic E-state index is 2.50. The van der Waals surface area contributed by atoms with Crippen LogP contribution >= 0.6 is 0 Å². The largest absolute Gasteiger partial charge is 0.310 e. The third kappa shape index (κ3) is 3.96. The molecule has 56 heavy (non-hydrogen) atoms. The molecule has 0 spiro atoms. The standard InChI is InChI=1S/C54H40N2/c1-53(2)41-23-10-13-26-46(41)56(47-27-14-11-24-42(47)53)34-17-15-16-33(32-34)55-45-25-12-9-22-40(45)50-48(55)31-30-44-52(50)51-43(54(44,3)4)29-28-39-37-20-6-5-18-35(37)36-19-7-8-21-38(36)49(39)51/h5-32H,1-4H3. The Kier molecular flexibility index (Phi) is 6.22. The molecular formula is C54H40N2. The predicted molar refractivity (Wildman–Crippen MR) is 238 cm³/mol. The number of fused-ring (bicyclic) bond motifs is 16. The lowest BCUT2D eigenvalue weighted by Gasteiger charge is -2.42. The van der Waals surface area contributed by atoms with Crippen molar-refractivity contribution in [3.8, 4) is 16.8 Å². The Labute approximate surface area is 326 Å². The van der Waals surface area contributed by atoms with Gasteiger partial charge in [0.25, 0.3) is 0 Å². The lowest BCUT2D eigenvalue weighted by Crippen LogP contribution is -2.30. The molecule has 0 fully saturated rings. The molecule has 266 valence electrons. The molecule has 0 bridgehead atoms. The summed E-state index contributed by atoms with van der Waals surface area (Å²) < 4.78 is 2.50. The van der Waals surface area contributed by atoms with Crippen LogP contribution in [0.5, 0.6) is 0 Å². The van der Waals surface area contributed by atoms with Gasteiger partial charge in [-0.25, -0.2) is 0 Å². The molecule has 12 rings (SSSR count). The molecule has 2 aliphatic rings. The molecule has 0 saturated heterocycles. The van der Waals surface area contributed by atoms with Crippen molar-refractivity contribution < 1.29 is 0 Å². The van der Waals surface area contributed by atoms with Gasteiger partial charge in [-0.2, -0.15) is 0 Å². The van der Waals surface area contributed by atoms with Crippen LogP contribution in [0.15, 0.2) is 170 Å². The third-order valence-corrected chi connectivity index (χ3v) is 13.3. The van der Waals surface area contributed by atoms with E-state index in [-0.39, 0.29) is 10.8 Å². The second kappa shape index (κ2) is 11.0. The first-order valence-electron chi connectivity index (χ1n) is 19.9. The van der Waals surface area contributed by atoms with Gasteiger partial charge in [-0.1, -0.05) is 155 Å². The fraction of sp³-hybridized carbons (Fsp3) is 0.111. The number of anilines is 3. The Balaban J connectivity index is 1.16. The Bertz CT molecular complexity index is 3240. The van der Waals surface area contributed by atoms with Gasteiger partial charge in [0.05, 0.1) is 22.4 Å². The Morgan fingerprint density at radius 2 is 0.821 bits per heavy atom. The molecule has 0 saturated carbocycles. The summed E-state index contributed by atoms with van der Waals surface area (Å²) in [7, 11) is 0. The number of para-hydroxylation sites is 3. The highest BCUT2D eigenvalue weighted by Gasteiger charge is 2.40. The van der Waals surface area contributed by atoms with Gasteiger partial charge in [0.15, 0.2) is 0 Å². The van der Waals surface area contributed by atoms with Crippen molar-refractivity contribution in [2.45, 2.75) is 38.5 Å². The molecule has 9 aromatic carbocycles. The van der Waals surface area contributed by atoms with Crippen molar-refractivity contribution in [2.24, 2.45) is 0 Å². The summed E-state index contributed by atoms with van der Waals surface area (Å²) in [5.74, 6) is 0.